The summed E-state index contributed by atoms with van der Waals surface area (Å²) in [6.45, 7) is 2.78. The number of anilines is 1. The molecule has 98 valence electrons. The van der Waals surface area contributed by atoms with E-state index in [-0.39, 0.29) is 4.99 Å². The molecule has 1 atom stereocenters. The maximum atomic E-state index is 5.50. The smallest absolute Gasteiger partial charge is 0.147 e. The van der Waals surface area contributed by atoms with Gasteiger partial charge >= 0.3 is 0 Å². The Balaban J connectivity index is 2.04. The lowest BCUT2D eigenvalue weighted by atomic mass is 9.99. The largest absolute Gasteiger partial charge is 0.388 e. The summed E-state index contributed by atoms with van der Waals surface area (Å²) in [5.41, 5.74) is 6.07. The Hall–Kier alpha value is -1.27. The highest BCUT2D eigenvalue weighted by Crippen LogP contribution is 2.21. The van der Waals surface area contributed by atoms with E-state index in [1.165, 1.54) is 6.42 Å². The third-order valence-electron chi connectivity index (χ3n) is 3.14. The van der Waals surface area contributed by atoms with Gasteiger partial charge in [-0.15, -0.1) is 0 Å². The van der Waals surface area contributed by atoms with Gasteiger partial charge in [0.25, 0.3) is 0 Å². The maximum Gasteiger partial charge on any atom is 0.147 e. The SMILES string of the molecule is COCC1CCCN(c2cnc(C(N)=S)cn2)C1. The van der Waals surface area contributed by atoms with Gasteiger partial charge in [-0.05, 0) is 18.8 Å². The van der Waals surface area contributed by atoms with Crippen molar-refractivity contribution in [1.82, 2.24) is 9.97 Å². The quantitative estimate of drug-likeness (QED) is 0.819. The first kappa shape index (κ1) is 13.2. The molecule has 1 aromatic heterocycles. The van der Waals surface area contributed by atoms with E-state index in [0.717, 1.165) is 31.9 Å². The van der Waals surface area contributed by atoms with Crippen LogP contribution in [-0.4, -0.2) is 41.8 Å². The minimum absolute atomic E-state index is 0.282. The van der Waals surface area contributed by atoms with Crippen LogP contribution in [0.2, 0.25) is 0 Å². The highest BCUT2D eigenvalue weighted by molar-refractivity contribution is 7.80. The van der Waals surface area contributed by atoms with Crippen molar-refractivity contribution in [3.8, 4) is 0 Å². The minimum atomic E-state index is 0.282. The Morgan fingerprint density at radius 3 is 3.00 bits per heavy atom. The molecular weight excluding hydrogens is 248 g/mol. The molecular formula is C12H18N4OS. The van der Waals surface area contributed by atoms with E-state index in [1.54, 1.807) is 19.5 Å². The van der Waals surface area contributed by atoms with E-state index < -0.39 is 0 Å². The van der Waals surface area contributed by atoms with Gasteiger partial charge in [0.2, 0.25) is 0 Å². The number of hydrogen-bond donors (Lipinski definition) is 1. The number of hydrogen-bond acceptors (Lipinski definition) is 5. The van der Waals surface area contributed by atoms with Gasteiger partial charge in [-0.3, -0.25) is 0 Å². The molecule has 1 aliphatic heterocycles. The Morgan fingerprint density at radius 1 is 1.56 bits per heavy atom. The zero-order chi connectivity index (χ0) is 13.0. The van der Waals surface area contributed by atoms with Crippen molar-refractivity contribution in [3.63, 3.8) is 0 Å². The summed E-state index contributed by atoms with van der Waals surface area (Å²) in [5, 5.41) is 0. The third kappa shape index (κ3) is 3.14. The normalized spacial score (nSPS) is 19.8. The van der Waals surface area contributed by atoms with Crippen LogP contribution in [0.4, 0.5) is 5.82 Å². The fraction of sp³-hybridized carbons (Fsp3) is 0.583. The standard InChI is InChI=1S/C12H18N4OS/c1-17-8-9-3-2-4-16(7-9)11-6-14-10(5-15-11)12(13)18/h5-6,9H,2-4,7-8H2,1H3,(H2,13,18). The van der Waals surface area contributed by atoms with E-state index in [2.05, 4.69) is 14.9 Å². The molecule has 0 aliphatic carbocycles. The number of aromatic nitrogens is 2. The molecule has 1 saturated heterocycles. The highest BCUT2D eigenvalue weighted by atomic mass is 32.1. The highest BCUT2D eigenvalue weighted by Gasteiger charge is 2.20. The molecule has 2 rings (SSSR count). The second-order valence-electron chi connectivity index (χ2n) is 4.53. The Bertz CT molecular complexity index is 407. The van der Waals surface area contributed by atoms with Crippen molar-refractivity contribution < 1.29 is 4.74 Å². The number of piperidine rings is 1. The molecule has 0 radical (unpaired) electrons. The third-order valence-corrected chi connectivity index (χ3v) is 3.35. The molecule has 1 aromatic rings. The van der Waals surface area contributed by atoms with Gasteiger partial charge in [-0.2, -0.15) is 0 Å². The average Bonchev–Trinajstić information content (AvgIpc) is 2.39. The van der Waals surface area contributed by atoms with Crippen molar-refractivity contribution in [1.29, 1.82) is 0 Å². The van der Waals surface area contributed by atoms with Crippen LogP contribution < -0.4 is 10.6 Å². The first-order valence-electron chi connectivity index (χ1n) is 6.06. The van der Waals surface area contributed by atoms with E-state index in [4.69, 9.17) is 22.7 Å². The van der Waals surface area contributed by atoms with E-state index in [1.807, 2.05) is 0 Å². The predicted octanol–water partition coefficient (Wildman–Crippen LogP) is 0.974. The molecule has 18 heavy (non-hydrogen) atoms. The summed E-state index contributed by atoms with van der Waals surface area (Å²) in [7, 11) is 1.75. The van der Waals surface area contributed by atoms with Crippen LogP contribution in [0.25, 0.3) is 0 Å². The van der Waals surface area contributed by atoms with Crippen LogP contribution in [0.3, 0.4) is 0 Å². The number of nitrogens with two attached hydrogens (primary N) is 1. The fourth-order valence-corrected chi connectivity index (χ4v) is 2.36. The van der Waals surface area contributed by atoms with Crippen molar-refractivity contribution in [2.24, 2.45) is 11.7 Å². The molecule has 0 bridgehead atoms. The summed E-state index contributed by atoms with van der Waals surface area (Å²) in [5.74, 6) is 1.46. The second kappa shape index (κ2) is 6.06. The molecule has 0 amide bonds. The molecule has 2 N–H and O–H groups in total. The number of thiocarbonyl (C=S) groups is 1. The summed E-state index contributed by atoms with van der Waals surface area (Å²) in [6.07, 6.45) is 5.75. The molecule has 6 heteroatoms. The Morgan fingerprint density at radius 2 is 2.39 bits per heavy atom. The fourth-order valence-electron chi connectivity index (χ4n) is 2.26. The van der Waals surface area contributed by atoms with Gasteiger partial charge in [0.15, 0.2) is 0 Å². The van der Waals surface area contributed by atoms with Crippen LogP contribution in [-0.2, 0) is 4.74 Å². The summed E-state index contributed by atoms with van der Waals surface area (Å²) >= 11 is 4.86. The number of nitrogens with zero attached hydrogens (tertiary/aromatic N) is 3. The summed E-state index contributed by atoms with van der Waals surface area (Å²) in [4.78, 5) is 11.1. The number of rotatable bonds is 4. The van der Waals surface area contributed by atoms with E-state index in [9.17, 15) is 0 Å². The van der Waals surface area contributed by atoms with Crippen LogP contribution >= 0.6 is 12.2 Å². The van der Waals surface area contributed by atoms with Crippen LogP contribution in [0, 0.1) is 5.92 Å². The lowest BCUT2D eigenvalue weighted by Gasteiger charge is -2.33. The van der Waals surface area contributed by atoms with Gasteiger partial charge in [0.05, 0.1) is 19.0 Å². The topological polar surface area (TPSA) is 64.3 Å². The Labute approximate surface area is 112 Å². The molecule has 1 unspecified atom stereocenters. The number of methoxy groups -OCH3 is 1. The van der Waals surface area contributed by atoms with Crippen molar-refractivity contribution in [3.05, 3.63) is 18.1 Å². The van der Waals surface area contributed by atoms with Gasteiger partial charge in [-0.25, -0.2) is 9.97 Å². The molecule has 1 fully saturated rings. The lowest BCUT2D eigenvalue weighted by molar-refractivity contribution is 0.143. The summed E-state index contributed by atoms with van der Waals surface area (Å²) in [6, 6.07) is 0. The maximum absolute atomic E-state index is 5.50. The van der Waals surface area contributed by atoms with E-state index in [0.29, 0.717) is 11.6 Å². The van der Waals surface area contributed by atoms with Crippen LogP contribution in [0.15, 0.2) is 12.4 Å². The van der Waals surface area contributed by atoms with Crippen molar-refractivity contribution in [2.45, 2.75) is 12.8 Å². The van der Waals surface area contributed by atoms with Gasteiger partial charge in [-0.1, -0.05) is 12.2 Å². The van der Waals surface area contributed by atoms with E-state index >= 15 is 0 Å². The van der Waals surface area contributed by atoms with Gasteiger partial charge in [0, 0.05) is 20.2 Å². The molecule has 0 spiro atoms. The monoisotopic (exact) mass is 266 g/mol. The number of ether oxygens (including phenoxy) is 1. The van der Waals surface area contributed by atoms with Crippen LogP contribution in [0.5, 0.6) is 0 Å². The van der Waals surface area contributed by atoms with Crippen molar-refractivity contribution >= 4 is 23.0 Å². The predicted molar refractivity (Wildman–Crippen MR) is 74.7 cm³/mol. The summed E-state index contributed by atoms with van der Waals surface area (Å²) < 4.78 is 5.22. The minimum Gasteiger partial charge on any atom is -0.388 e. The van der Waals surface area contributed by atoms with Crippen molar-refractivity contribution in [2.75, 3.05) is 31.7 Å². The zero-order valence-corrected chi connectivity index (χ0v) is 11.3. The second-order valence-corrected chi connectivity index (χ2v) is 4.97. The molecule has 1 aliphatic rings. The average molecular weight is 266 g/mol. The molecule has 0 aromatic carbocycles. The lowest BCUT2D eigenvalue weighted by Crippen LogP contribution is -2.37. The Kier molecular flexibility index (Phi) is 4.43. The van der Waals surface area contributed by atoms with Crippen LogP contribution in [0.1, 0.15) is 18.5 Å². The molecule has 5 nitrogen and oxygen atoms in total. The molecule has 0 saturated carbocycles. The first-order chi connectivity index (χ1) is 8.70. The zero-order valence-electron chi connectivity index (χ0n) is 10.5. The molecule has 2 heterocycles. The van der Waals surface area contributed by atoms with Gasteiger partial charge in [0.1, 0.15) is 16.5 Å². The first-order valence-corrected chi connectivity index (χ1v) is 6.47. The van der Waals surface area contributed by atoms with Gasteiger partial charge < -0.3 is 15.4 Å².